The largest absolute Gasteiger partial charge is 0.294 e. The Labute approximate surface area is 141 Å². The van der Waals surface area contributed by atoms with Gasteiger partial charge in [0, 0.05) is 22.8 Å². The van der Waals surface area contributed by atoms with Crippen molar-refractivity contribution in [2.45, 2.75) is 14.5 Å². The van der Waals surface area contributed by atoms with Crippen molar-refractivity contribution in [2.75, 3.05) is 0 Å². The second kappa shape index (κ2) is 6.66. The zero-order chi connectivity index (χ0) is 13.9. The molecular weight excluding hydrogens is 456 g/mol. The van der Waals surface area contributed by atoms with E-state index in [0.717, 1.165) is 10.4 Å². The molecule has 0 aliphatic rings. The number of Topliss-reactive ketones (excluding diaryl/α,β-unsaturated/α-hetero) is 1. The first-order valence-electron chi connectivity index (χ1n) is 5.67. The topological polar surface area (TPSA) is 17.1 Å². The van der Waals surface area contributed by atoms with Crippen LogP contribution in [0.2, 0.25) is 0 Å². The van der Waals surface area contributed by atoms with Gasteiger partial charge in [-0.1, -0.05) is 84.2 Å². The molecule has 0 saturated carbocycles. The first kappa shape index (κ1) is 15.4. The number of hydrogen-bond donors (Lipinski definition) is 0. The SMILES string of the molecule is O=C(CC(c1cccs1)C(Br)(Br)Br)c1ccccc1. The summed E-state index contributed by atoms with van der Waals surface area (Å²) >= 11 is 12.3. The molecule has 19 heavy (non-hydrogen) atoms. The van der Waals surface area contributed by atoms with Crippen molar-refractivity contribution in [1.82, 2.24) is 0 Å². The summed E-state index contributed by atoms with van der Waals surface area (Å²) in [4.78, 5) is 13.5. The van der Waals surface area contributed by atoms with Crippen molar-refractivity contribution in [1.29, 1.82) is 0 Å². The van der Waals surface area contributed by atoms with Gasteiger partial charge in [-0.25, -0.2) is 0 Å². The fourth-order valence-electron chi connectivity index (χ4n) is 1.79. The van der Waals surface area contributed by atoms with Gasteiger partial charge in [-0.05, 0) is 11.4 Å². The average Bonchev–Trinajstić information content (AvgIpc) is 2.88. The average molecular weight is 467 g/mol. The summed E-state index contributed by atoms with van der Waals surface area (Å²) in [6.45, 7) is 0. The molecule has 0 radical (unpaired) electrons. The van der Waals surface area contributed by atoms with Crippen LogP contribution in [0.15, 0.2) is 47.8 Å². The first-order chi connectivity index (χ1) is 8.98. The van der Waals surface area contributed by atoms with Crippen LogP contribution in [0.4, 0.5) is 0 Å². The van der Waals surface area contributed by atoms with Gasteiger partial charge in [-0.15, -0.1) is 11.3 Å². The summed E-state index contributed by atoms with van der Waals surface area (Å²) in [5, 5.41) is 2.02. The molecule has 0 spiro atoms. The summed E-state index contributed by atoms with van der Waals surface area (Å²) in [6.07, 6.45) is 0.437. The van der Waals surface area contributed by atoms with Crippen LogP contribution in [-0.4, -0.2) is 7.93 Å². The molecule has 100 valence electrons. The molecular formula is C14H11Br3OS. The van der Waals surface area contributed by atoms with E-state index in [0.29, 0.717) is 6.42 Å². The Morgan fingerprint density at radius 2 is 1.79 bits per heavy atom. The van der Waals surface area contributed by atoms with Crippen LogP contribution in [-0.2, 0) is 0 Å². The Hall–Kier alpha value is 0.0300. The number of hydrogen-bond acceptors (Lipinski definition) is 2. The fourth-order valence-corrected chi connectivity index (χ4v) is 4.37. The zero-order valence-corrected chi connectivity index (χ0v) is 15.4. The highest BCUT2D eigenvalue weighted by atomic mass is 80.0. The molecule has 1 aromatic heterocycles. The van der Waals surface area contributed by atoms with Crippen molar-refractivity contribution in [2.24, 2.45) is 0 Å². The number of benzene rings is 1. The summed E-state index contributed by atoms with van der Waals surface area (Å²) in [7, 11) is 0. The Morgan fingerprint density at radius 1 is 1.11 bits per heavy atom. The van der Waals surface area contributed by atoms with Gasteiger partial charge in [0.05, 0.1) is 0 Å². The predicted octanol–water partition coefficient (Wildman–Crippen LogP) is 5.94. The van der Waals surface area contributed by atoms with E-state index in [1.54, 1.807) is 11.3 Å². The van der Waals surface area contributed by atoms with Crippen LogP contribution in [0.25, 0.3) is 0 Å². The molecule has 0 fully saturated rings. The molecule has 0 amide bonds. The number of carbonyl (C=O) groups is 1. The second-order valence-electron chi connectivity index (χ2n) is 4.10. The smallest absolute Gasteiger partial charge is 0.163 e. The number of ketones is 1. The first-order valence-corrected chi connectivity index (χ1v) is 8.92. The van der Waals surface area contributed by atoms with Gasteiger partial charge < -0.3 is 0 Å². The summed E-state index contributed by atoms with van der Waals surface area (Å²) in [5.41, 5.74) is 0.751. The highest BCUT2D eigenvalue weighted by molar-refractivity contribution is 9.39. The van der Waals surface area contributed by atoms with Crippen molar-refractivity contribution in [3.05, 3.63) is 58.3 Å². The van der Waals surface area contributed by atoms with Crippen LogP contribution in [0, 0.1) is 0 Å². The van der Waals surface area contributed by atoms with Crippen LogP contribution in [0.5, 0.6) is 0 Å². The number of carbonyl (C=O) groups excluding carboxylic acids is 1. The Bertz CT molecular complexity index is 532. The monoisotopic (exact) mass is 464 g/mol. The molecule has 0 aliphatic heterocycles. The normalized spacial score (nSPS) is 13.2. The summed E-state index contributed by atoms with van der Waals surface area (Å²) < 4.78 is -0.470. The minimum Gasteiger partial charge on any atom is -0.294 e. The number of alkyl halides is 3. The minimum absolute atomic E-state index is 0.0280. The van der Waals surface area contributed by atoms with E-state index in [1.165, 1.54) is 0 Å². The summed E-state index contributed by atoms with van der Waals surface area (Å²) in [6, 6.07) is 13.4. The third-order valence-corrected chi connectivity index (χ3v) is 5.41. The molecule has 1 heterocycles. The van der Waals surface area contributed by atoms with E-state index in [4.69, 9.17) is 0 Å². The highest BCUT2D eigenvalue weighted by Gasteiger charge is 2.34. The Balaban J connectivity index is 2.21. The maximum Gasteiger partial charge on any atom is 0.163 e. The van der Waals surface area contributed by atoms with Crippen LogP contribution >= 0.6 is 59.1 Å². The van der Waals surface area contributed by atoms with Gasteiger partial charge in [0.2, 0.25) is 0 Å². The molecule has 2 rings (SSSR count). The minimum atomic E-state index is -0.470. The molecule has 1 atom stereocenters. The van der Waals surface area contributed by atoms with Crippen molar-refractivity contribution < 1.29 is 4.79 Å². The van der Waals surface area contributed by atoms with Gasteiger partial charge in [0.1, 0.15) is 2.14 Å². The molecule has 0 saturated heterocycles. The molecule has 0 aliphatic carbocycles. The third kappa shape index (κ3) is 4.25. The summed E-state index contributed by atoms with van der Waals surface area (Å²) in [5.74, 6) is 0.168. The van der Waals surface area contributed by atoms with Crippen molar-refractivity contribution >= 4 is 64.9 Å². The van der Waals surface area contributed by atoms with Crippen molar-refractivity contribution in [3.63, 3.8) is 0 Å². The maximum atomic E-state index is 12.3. The Kier molecular flexibility index (Phi) is 5.40. The lowest BCUT2D eigenvalue weighted by Gasteiger charge is -2.24. The van der Waals surface area contributed by atoms with Gasteiger partial charge in [0.25, 0.3) is 0 Å². The van der Waals surface area contributed by atoms with Gasteiger partial charge in [0.15, 0.2) is 5.78 Å². The van der Waals surface area contributed by atoms with E-state index >= 15 is 0 Å². The fraction of sp³-hybridized carbons (Fsp3) is 0.214. The second-order valence-corrected chi connectivity index (χ2v) is 12.0. The third-order valence-electron chi connectivity index (χ3n) is 2.77. The molecule has 0 N–H and O–H groups in total. The Morgan fingerprint density at radius 3 is 2.32 bits per heavy atom. The van der Waals surface area contributed by atoms with Gasteiger partial charge in [-0.3, -0.25) is 4.79 Å². The highest BCUT2D eigenvalue weighted by Crippen LogP contribution is 2.49. The molecule has 2 aromatic rings. The van der Waals surface area contributed by atoms with Crippen LogP contribution < -0.4 is 0 Å². The molecule has 1 aromatic carbocycles. The number of halogens is 3. The number of thiophene rings is 1. The molecule has 1 unspecified atom stereocenters. The zero-order valence-electron chi connectivity index (χ0n) is 9.85. The van der Waals surface area contributed by atoms with E-state index < -0.39 is 2.14 Å². The van der Waals surface area contributed by atoms with E-state index in [1.807, 2.05) is 47.8 Å². The van der Waals surface area contributed by atoms with Gasteiger partial charge >= 0.3 is 0 Å². The lowest BCUT2D eigenvalue weighted by atomic mass is 9.98. The van der Waals surface area contributed by atoms with Crippen LogP contribution in [0.3, 0.4) is 0 Å². The quantitative estimate of drug-likeness (QED) is 0.402. The predicted molar refractivity (Wildman–Crippen MR) is 92.0 cm³/mol. The lowest BCUT2D eigenvalue weighted by molar-refractivity contribution is 0.0975. The number of rotatable bonds is 4. The molecule has 1 nitrogen and oxygen atoms in total. The van der Waals surface area contributed by atoms with Crippen LogP contribution in [0.1, 0.15) is 27.6 Å². The standard InChI is InChI=1S/C14H11Br3OS/c15-14(16,17)11(13-7-4-8-19-13)9-12(18)10-5-2-1-3-6-10/h1-8,11H,9H2. The van der Waals surface area contributed by atoms with E-state index in [9.17, 15) is 4.79 Å². The molecule has 0 bridgehead atoms. The van der Waals surface area contributed by atoms with E-state index in [2.05, 4.69) is 47.8 Å². The lowest BCUT2D eigenvalue weighted by Crippen LogP contribution is -2.18. The maximum absolute atomic E-state index is 12.3. The van der Waals surface area contributed by atoms with Crippen molar-refractivity contribution in [3.8, 4) is 0 Å². The van der Waals surface area contributed by atoms with E-state index in [-0.39, 0.29) is 11.7 Å². The molecule has 5 heteroatoms. The van der Waals surface area contributed by atoms with Gasteiger partial charge in [-0.2, -0.15) is 0 Å².